The first-order chi connectivity index (χ1) is 8.65. The van der Waals surface area contributed by atoms with Crippen LogP contribution in [0.5, 0.6) is 0 Å². The van der Waals surface area contributed by atoms with Crippen LogP contribution in [-0.2, 0) is 6.42 Å². The van der Waals surface area contributed by atoms with Crippen molar-refractivity contribution in [2.75, 3.05) is 5.75 Å². The predicted octanol–water partition coefficient (Wildman–Crippen LogP) is 3.32. The third-order valence-corrected chi connectivity index (χ3v) is 4.22. The van der Waals surface area contributed by atoms with Crippen LogP contribution < -0.4 is 5.32 Å². The number of thioether (sulfide) groups is 1. The summed E-state index contributed by atoms with van der Waals surface area (Å²) >= 11 is 1.85. The van der Waals surface area contributed by atoms with E-state index in [2.05, 4.69) is 26.1 Å². The number of amidine groups is 1. The molecule has 0 saturated heterocycles. The molecule has 1 aliphatic rings. The summed E-state index contributed by atoms with van der Waals surface area (Å²) in [6.45, 7) is 6.67. The van der Waals surface area contributed by atoms with E-state index in [4.69, 9.17) is 9.41 Å². The van der Waals surface area contributed by atoms with Crippen LogP contribution in [0.4, 0.5) is 0 Å². The summed E-state index contributed by atoms with van der Waals surface area (Å²) < 4.78 is 5.34. The van der Waals surface area contributed by atoms with Gasteiger partial charge in [-0.15, -0.1) is 0 Å². The van der Waals surface area contributed by atoms with Crippen molar-refractivity contribution in [3.8, 4) is 0 Å². The SMILES string of the molecule is CC(CCc1ccco1)NC1=NC(C(C)C)CS1. The molecule has 0 spiro atoms. The fourth-order valence-electron chi connectivity index (χ4n) is 1.91. The summed E-state index contributed by atoms with van der Waals surface area (Å²) in [6.07, 6.45) is 3.78. The molecule has 0 bridgehead atoms. The lowest BCUT2D eigenvalue weighted by molar-refractivity contribution is 0.483. The van der Waals surface area contributed by atoms with Crippen molar-refractivity contribution in [3.63, 3.8) is 0 Å². The molecule has 0 aromatic carbocycles. The smallest absolute Gasteiger partial charge is 0.157 e. The van der Waals surface area contributed by atoms with Crippen LogP contribution in [0.3, 0.4) is 0 Å². The number of nitrogens with one attached hydrogen (secondary N) is 1. The second-order valence-electron chi connectivity index (χ2n) is 5.22. The van der Waals surface area contributed by atoms with Crippen molar-refractivity contribution in [2.24, 2.45) is 10.9 Å². The van der Waals surface area contributed by atoms with Crippen LogP contribution in [0.15, 0.2) is 27.8 Å². The van der Waals surface area contributed by atoms with Gasteiger partial charge in [-0.05, 0) is 31.4 Å². The average molecular weight is 266 g/mol. The zero-order valence-corrected chi connectivity index (χ0v) is 12.2. The monoisotopic (exact) mass is 266 g/mol. The molecule has 1 aliphatic heterocycles. The van der Waals surface area contributed by atoms with Crippen molar-refractivity contribution in [3.05, 3.63) is 24.2 Å². The molecular formula is C14H22N2OS. The standard InChI is InChI=1S/C14H22N2OS/c1-10(2)13-9-18-14(16-13)15-11(3)6-7-12-5-4-8-17-12/h4-5,8,10-11,13H,6-7,9H2,1-3H3,(H,15,16). The molecule has 18 heavy (non-hydrogen) atoms. The molecule has 3 nitrogen and oxygen atoms in total. The summed E-state index contributed by atoms with van der Waals surface area (Å²) in [5.74, 6) is 2.81. The molecule has 0 fully saturated rings. The molecule has 2 unspecified atom stereocenters. The number of furan rings is 1. The Balaban J connectivity index is 1.74. The maximum atomic E-state index is 5.34. The van der Waals surface area contributed by atoms with Gasteiger partial charge in [-0.3, -0.25) is 4.99 Å². The molecule has 0 saturated carbocycles. The summed E-state index contributed by atoms with van der Waals surface area (Å²) in [4.78, 5) is 4.72. The van der Waals surface area contributed by atoms with E-state index in [1.54, 1.807) is 6.26 Å². The summed E-state index contributed by atoms with van der Waals surface area (Å²) in [5, 5.41) is 4.61. The molecule has 0 radical (unpaired) electrons. The maximum Gasteiger partial charge on any atom is 0.157 e. The molecule has 1 N–H and O–H groups in total. The number of rotatable bonds is 5. The first-order valence-electron chi connectivity index (χ1n) is 6.64. The van der Waals surface area contributed by atoms with E-state index in [0.29, 0.717) is 18.0 Å². The van der Waals surface area contributed by atoms with Gasteiger partial charge in [0.15, 0.2) is 5.17 Å². The first kappa shape index (κ1) is 13.5. The molecule has 2 heterocycles. The number of hydrogen-bond acceptors (Lipinski definition) is 4. The van der Waals surface area contributed by atoms with Crippen LogP contribution in [0, 0.1) is 5.92 Å². The van der Waals surface area contributed by atoms with Crippen molar-refractivity contribution in [2.45, 2.75) is 45.7 Å². The Bertz CT molecular complexity index is 387. The Morgan fingerprint density at radius 1 is 1.50 bits per heavy atom. The minimum absolute atomic E-state index is 0.437. The lowest BCUT2D eigenvalue weighted by Crippen LogP contribution is -2.30. The third kappa shape index (κ3) is 3.80. The van der Waals surface area contributed by atoms with E-state index in [0.717, 1.165) is 29.5 Å². The predicted molar refractivity (Wildman–Crippen MR) is 78.1 cm³/mol. The minimum Gasteiger partial charge on any atom is -0.469 e. The highest BCUT2D eigenvalue weighted by atomic mass is 32.2. The van der Waals surface area contributed by atoms with Crippen molar-refractivity contribution < 1.29 is 4.42 Å². The van der Waals surface area contributed by atoms with Gasteiger partial charge in [0.25, 0.3) is 0 Å². The highest BCUT2D eigenvalue weighted by molar-refractivity contribution is 8.14. The van der Waals surface area contributed by atoms with Gasteiger partial charge in [0.1, 0.15) is 5.76 Å². The Labute approximate surface area is 113 Å². The molecule has 2 rings (SSSR count). The maximum absolute atomic E-state index is 5.34. The van der Waals surface area contributed by atoms with E-state index in [1.807, 2.05) is 23.9 Å². The van der Waals surface area contributed by atoms with Gasteiger partial charge >= 0.3 is 0 Å². The lowest BCUT2D eigenvalue weighted by atomic mass is 10.1. The highest BCUT2D eigenvalue weighted by Crippen LogP contribution is 2.22. The van der Waals surface area contributed by atoms with Gasteiger partial charge < -0.3 is 9.73 Å². The molecule has 2 atom stereocenters. The van der Waals surface area contributed by atoms with Crippen LogP contribution in [-0.4, -0.2) is 23.0 Å². The fraction of sp³-hybridized carbons (Fsp3) is 0.643. The van der Waals surface area contributed by atoms with Crippen LogP contribution in [0.1, 0.15) is 33.0 Å². The summed E-state index contributed by atoms with van der Waals surface area (Å²) in [6, 6.07) is 4.89. The van der Waals surface area contributed by atoms with Gasteiger partial charge in [-0.25, -0.2) is 0 Å². The zero-order chi connectivity index (χ0) is 13.0. The molecule has 0 aliphatic carbocycles. The molecule has 4 heteroatoms. The topological polar surface area (TPSA) is 37.5 Å². The molecule has 1 aromatic rings. The minimum atomic E-state index is 0.437. The summed E-state index contributed by atoms with van der Waals surface area (Å²) in [5.41, 5.74) is 0. The van der Waals surface area contributed by atoms with Crippen LogP contribution >= 0.6 is 11.8 Å². The number of aliphatic imine (C=N–C) groups is 1. The second-order valence-corrected chi connectivity index (χ2v) is 6.23. The van der Waals surface area contributed by atoms with Gasteiger partial charge in [-0.1, -0.05) is 25.6 Å². The average Bonchev–Trinajstić information content (AvgIpc) is 2.96. The van der Waals surface area contributed by atoms with Crippen molar-refractivity contribution >= 4 is 16.9 Å². The number of aryl methyl sites for hydroxylation is 1. The quantitative estimate of drug-likeness (QED) is 0.888. The van der Waals surface area contributed by atoms with Crippen LogP contribution in [0.2, 0.25) is 0 Å². The number of nitrogens with zero attached hydrogens (tertiary/aromatic N) is 1. The van der Waals surface area contributed by atoms with E-state index < -0.39 is 0 Å². The number of hydrogen-bond donors (Lipinski definition) is 1. The van der Waals surface area contributed by atoms with Gasteiger partial charge in [0, 0.05) is 18.2 Å². The van der Waals surface area contributed by atoms with Crippen LogP contribution in [0.25, 0.3) is 0 Å². The van der Waals surface area contributed by atoms with Crippen molar-refractivity contribution in [1.29, 1.82) is 0 Å². The Morgan fingerprint density at radius 2 is 2.33 bits per heavy atom. The van der Waals surface area contributed by atoms with Gasteiger partial charge in [-0.2, -0.15) is 0 Å². The van der Waals surface area contributed by atoms with E-state index >= 15 is 0 Å². The van der Waals surface area contributed by atoms with E-state index in [9.17, 15) is 0 Å². The lowest BCUT2D eigenvalue weighted by Gasteiger charge is -2.13. The Kier molecular flexibility index (Phi) is 4.75. The van der Waals surface area contributed by atoms with Gasteiger partial charge in [0.2, 0.25) is 0 Å². The summed E-state index contributed by atoms with van der Waals surface area (Å²) in [7, 11) is 0. The molecule has 1 aromatic heterocycles. The molecule has 100 valence electrons. The third-order valence-electron chi connectivity index (χ3n) is 3.22. The molecule has 0 amide bonds. The van der Waals surface area contributed by atoms with Gasteiger partial charge in [0.05, 0.1) is 12.3 Å². The van der Waals surface area contributed by atoms with Crippen molar-refractivity contribution in [1.82, 2.24) is 5.32 Å². The highest BCUT2D eigenvalue weighted by Gasteiger charge is 2.21. The zero-order valence-electron chi connectivity index (χ0n) is 11.3. The Hall–Kier alpha value is -0.900. The normalized spacial score (nSPS) is 21.1. The molecular weight excluding hydrogens is 244 g/mol. The first-order valence-corrected chi connectivity index (χ1v) is 7.63. The van der Waals surface area contributed by atoms with E-state index in [1.165, 1.54) is 0 Å². The Morgan fingerprint density at radius 3 is 2.94 bits per heavy atom. The van der Waals surface area contributed by atoms with E-state index in [-0.39, 0.29) is 0 Å². The second kappa shape index (κ2) is 6.32. The largest absolute Gasteiger partial charge is 0.469 e. The fourth-order valence-corrected chi connectivity index (χ4v) is 3.19.